The van der Waals surface area contributed by atoms with Gasteiger partial charge in [0.15, 0.2) is 0 Å². The lowest BCUT2D eigenvalue weighted by Gasteiger charge is -2.39. The van der Waals surface area contributed by atoms with Gasteiger partial charge in [0.05, 0.1) is 18.9 Å². The number of carbonyl (C=O) groups is 1. The molecule has 0 aliphatic heterocycles. The molecule has 0 aromatic heterocycles. The lowest BCUT2D eigenvalue weighted by Crippen LogP contribution is -2.50. The molecule has 1 aromatic rings. The van der Waals surface area contributed by atoms with Crippen LogP contribution in [0.5, 0.6) is 5.75 Å². The molecular weight excluding hydrogens is 296 g/mol. The van der Waals surface area contributed by atoms with E-state index in [1.807, 2.05) is 24.3 Å². The van der Waals surface area contributed by atoms with Gasteiger partial charge < -0.3 is 9.64 Å². The fraction of sp³-hybridized carbons (Fsp3) is 0.529. The second kappa shape index (κ2) is 7.55. The molecule has 0 spiro atoms. The van der Waals surface area contributed by atoms with Crippen molar-refractivity contribution in [3.63, 3.8) is 0 Å². The van der Waals surface area contributed by atoms with Crippen molar-refractivity contribution in [3.8, 4) is 11.8 Å². The molecule has 0 N–H and O–H groups in total. The second-order valence-electron chi connectivity index (χ2n) is 5.62. The Morgan fingerprint density at radius 2 is 1.95 bits per heavy atom. The Hall–Kier alpha value is -1.67. The van der Waals surface area contributed by atoms with Crippen LogP contribution >= 0.6 is 11.8 Å². The summed E-state index contributed by atoms with van der Waals surface area (Å²) in [4.78, 5) is 15.1. The third-order valence-electron chi connectivity index (χ3n) is 4.33. The number of amides is 1. The quantitative estimate of drug-likeness (QED) is 0.780. The van der Waals surface area contributed by atoms with Crippen molar-refractivity contribution < 1.29 is 9.53 Å². The molecule has 0 heterocycles. The van der Waals surface area contributed by atoms with E-state index in [0.717, 1.165) is 42.7 Å². The highest BCUT2D eigenvalue weighted by Crippen LogP contribution is 2.33. The van der Waals surface area contributed by atoms with Crippen LogP contribution in [0.2, 0.25) is 0 Å². The average Bonchev–Trinajstić information content (AvgIpc) is 2.60. The first kappa shape index (κ1) is 16.7. The van der Waals surface area contributed by atoms with Crippen molar-refractivity contribution in [3.05, 3.63) is 24.3 Å². The van der Waals surface area contributed by atoms with Crippen molar-refractivity contribution in [2.24, 2.45) is 0 Å². The van der Waals surface area contributed by atoms with Gasteiger partial charge in [-0.15, -0.1) is 11.8 Å². The van der Waals surface area contributed by atoms with Crippen LogP contribution in [-0.4, -0.2) is 36.3 Å². The summed E-state index contributed by atoms with van der Waals surface area (Å²) in [6.45, 7) is 0. The minimum absolute atomic E-state index is 0.0178. The number of ether oxygens (including phenoxy) is 1. The van der Waals surface area contributed by atoms with Crippen LogP contribution in [0.15, 0.2) is 29.2 Å². The Kier molecular flexibility index (Phi) is 5.73. The number of thioether (sulfide) groups is 1. The number of benzene rings is 1. The Bertz CT molecular complexity index is 545. The van der Waals surface area contributed by atoms with Crippen LogP contribution in [0.4, 0.5) is 0 Å². The monoisotopic (exact) mass is 318 g/mol. The summed E-state index contributed by atoms with van der Waals surface area (Å²) in [5, 5.41) is 9.54. The van der Waals surface area contributed by atoms with Gasteiger partial charge in [0.2, 0.25) is 5.91 Å². The fourth-order valence-electron chi connectivity index (χ4n) is 2.81. The summed E-state index contributed by atoms with van der Waals surface area (Å²) in [5.74, 6) is 1.18. The first-order valence-electron chi connectivity index (χ1n) is 7.56. The summed E-state index contributed by atoms with van der Waals surface area (Å²) < 4.78 is 5.12. The summed E-state index contributed by atoms with van der Waals surface area (Å²) >= 11 is 1.49. The number of carbonyl (C=O) groups excluding carboxylic acids is 1. The maximum absolute atomic E-state index is 12.4. The third kappa shape index (κ3) is 3.75. The summed E-state index contributed by atoms with van der Waals surface area (Å²) in [7, 11) is 3.40. The first-order chi connectivity index (χ1) is 10.6. The SMILES string of the molecule is COc1ccc(SCC(=O)N(C)C2(C#N)CCCCC2)cc1. The number of nitriles is 1. The van der Waals surface area contributed by atoms with Gasteiger partial charge >= 0.3 is 0 Å². The number of rotatable bonds is 5. The molecule has 4 nitrogen and oxygen atoms in total. The van der Waals surface area contributed by atoms with E-state index in [1.54, 1.807) is 19.1 Å². The highest BCUT2D eigenvalue weighted by Gasteiger charge is 2.38. The van der Waals surface area contributed by atoms with E-state index >= 15 is 0 Å². The van der Waals surface area contributed by atoms with Gasteiger partial charge in [-0.25, -0.2) is 0 Å². The van der Waals surface area contributed by atoms with Gasteiger partial charge in [-0.3, -0.25) is 4.79 Å². The van der Waals surface area contributed by atoms with Crippen molar-refractivity contribution in [1.82, 2.24) is 4.90 Å². The van der Waals surface area contributed by atoms with Gasteiger partial charge in [0.25, 0.3) is 0 Å². The predicted molar refractivity (Wildman–Crippen MR) is 87.9 cm³/mol. The molecule has 1 aliphatic carbocycles. The standard InChI is InChI=1S/C17H22N2O2S/c1-19(17(13-18)10-4-3-5-11-17)16(20)12-22-15-8-6-14(21-2)7-9-15/h6-9H,3-5,10-12H2,1-2H3. The summed E-state index contributed by atoms with van der Waals surface area (Å²) in [6.07, 6.45) is 4.79. The van der Waals surface area contributed by atoms with Crippen LogP contribution in [0, 0.1) is 11.3 Å². The van der Waals surface area contributed by atoms with Gasteiger partial charge in [0.1, 0.15) is 11.3 Å². The van der Waals surface area contributed by atoms with E-state index < -0.39 is 5.54 Å². The van der Waals surface area contributed by atoms with Gasteiger partial charge in [-0.2, -0.15) is 5.26 Å². The third-order valence-corrected chi connectivity index (χ3v) is 5.32. The summed E-state index contributed by atoms with van der Waals surface area (Å²) in [6, 6.07) is 10.0. The molecule has 22 heavy (non-hydrogen) atoms. The van der Waals surface area contributed by atoms with E-state index in [-0.39, 0.29) is 5.91 Å². The molecule has 0 bridgehead atoms. The highest BCUT2D eigenvalue weighted by atomic mass is 32.2. The topological polar surface area (TPSA) is 53.3 Å². The minimum Gasteiger partial charge on any atom is -0.497 e. The number of hydrogen-bond acceptors (Lipinski definition) is 4. The van der Waals surface area contributed by atoms with E-state index in [4.69, 9.17) is 4.74 Å². The number of nitrogens with zero attached hydrogens (tertiary/aromatic N) is 2. The number of hydrogen-bond donors (Lipinski definition) is 0. The van der Waals surface area contributed by atoms with Crippen LogP contribution < -0.4 is 4.74 Å². The van der Waals surface area contributed by atoms with Gasteiger partial charge in [-0.05, 0) is 37.1 Å². The largest absolute Gasteiger partial charge is 0.497 e. The van der Waals surface area contributed by atoms with E-state index in [1.165, 1.54) is 11.8 Å². The Balaban J connectivity index is 1.94. The maximum Gasteiger partial charge on any atom is 0.233 e. The van der Waals surface area contributed by atoms with Crippen molar-refractivity contribution in [1.29, 1.82) is 5.26 Å². The normalized spacial score (nSPS) is 16.6. The Labute approximate surface area is 136 Å². The van der Waals surface area contributed by atoms with Gasteiger partial charge in [0, 0.05) is 11.9 Å². The Morgan fingerprint density at radius 3 is 2.50 bits per heavy atom. The molecule has 118 valence electrons. The molecule has 1 aliphatic rings. The fourth-order valence-corrected chi connectivity index (χ4v) is 3.62. The minimum atomic E-state index is -0.601. The molecule has 0 saturated heterocycles. The lowest BCUT2D eigenvalue weighted by molar-refractivity contribution is -0.131. The molecule has 1 amide bonds. The Morgan fingerprint density at radius 1 is 1.32 bits per heavy atom. The molecular formula is C17H22N2O2S. The molecule has 2 rings (SSSR count). The molecule has 1 aromatic carbocycles. The van der Waals surface area contributed by atoms with Gasteiger partial charge in [-0.1, -0.05) is 19.3 Å². The molecule has 0 unspecified atom stereocenters. The molecule has 5 heteroatoms. The van der Waals surface area contributed by atoms with E-state index in [9.17, 15) is 10.1 Å². The maximum atomic E-state index is 12.4. The lowest BCUT2D eigenvalue weighted by atomic mass is 9.81. The van der Waals surface area contributed by atoms with Crippen LogP contribution in [0.25, 0.3) is 0 Å². The van der Waals surface area contributed by atoms with Crippen LogP contribution in [0.3, 0.4) is 0 Å². The molecule has 1 fully saturated rings. The zero-order valence-corrected chi connectivity index (χ0v) is 14.0. The van der Waals surface area contributed by atoms with Crippen molar-refractivity contribution in [2.45, 2.75) is 42.5 Å². The molecule has 1 saturated carbocycles. The van der Waals surface area contributed by atoms with Crippen LogP contribution in [-0.2, 0) is 4.79 Å². The zero-order chi connectivity index (χ0) is 16.0. The molecule has 0 radical (unpaired) electrons. The highest BCUT2D eigenvalue weighted by molar-refractivity contribution is 8.00. The van der Waals surface area contributed by atoms with Crippen molar-refractivity contribution >= 4 is 17.7 Å². The molecule has 0 atom stereocenters. The van der Waals surface area contributed by atoms with E-state index in [2.05, 4.69) is 6.07 Å². The van der Waals surface area contributed by atoms with Crippen LogP contribution in [0.1, 0.15) is 32.1 Å². The first-order valence-corrected chi connectivity index (χ1v) is 8.54. The summed E-state index contributed by atoms with van der Waals surface area (Å²) in [5.41, 5.74) is -0.601. The van der Waals surface area contributed by atoms with E-state index in [0.29, 0.717) is 5.75 Å². The average molecular weight is 318 g/mol. The second-order valence-corrected chi connectivity index (χ2v) is 6.67. The smallest absolute Gasteiger partial charge is 0.233 e. The number of methoxy groups -OCH3 is 1. The predicted octanol–water partition coefficient (Wildman–Crippen LogP) is 3.47. The zero-order valence-electron chi connectivity index (χ0n) is 13.2. The van der Waals surface area contributed by atoms with Crippen molar-refractivity contribution in [2.75, 3.05) is 19.9 Å².